The molecule has 3 rings (SSSR count). The second-order valence-electron chi connectivity index (χ2n) is 6.18. The van der Waals surface area contributed by atoms with Crippen LogP contribution in [0.25, 0.3) is 11.0 Å². The first-order valence-corrected chi connectivity index (χ1v) is 8.63. The number of esters is 1. The van der Waals surface area contributed by atoms with E-state index in [2.05, 4.69) is 15.3 Å². The van der Waals surface area contributed by atoms with Gasteiger partial charge in [-0.2, -0.15) is 13.2 Å². The minimum Gasteiger partial charge on any atom is -0.461 e. The summed E-state index contributed by atoms with van der Waals surface area (Å²) >= 11 is 0. The molecule has 3 aromatic rings. The van der Waals surface area contributed by atoms with Crippen LogP contribution >= 0.6 is 0 Å². The third-order valence-corrected chi connectivity index (χ3v) is 4.04. The molecule has 1 aromatic heterocycles. The molecule has 0 spiro atoms. The molecule has 1 heterocycles. The Morgan fingerprint density at radius 2 is 1.79 bits per heavy atom. The Balaban J connectivity index is 2.00. The lowest BCUT2D eigenvalue weighted by atomic mass is 10.1. The zero-order chi connectivity index (χ0) is 20.3. The lowest BCUT2D eigenvalue weighted by Gasteiger charge is -2.13. The van der Waals surface area contributed by atoms with Gasteiger partial charge >= 0.3 is 12.1 Å². The number of halogens is 3. The molecule has 0 aliphatic carbocycles. The van der Waals surface area contributed by atoms with Crippen LogP contribution in [0.1, 0.15) is 34.1 Å². The number of benzene rings is 2. The molecule has 0 saturated carbocycles. The fourth-order valence-electron chi connectivity index (χ4n) is 2.59. The third kappa shape index (κ3) is 4.39. The number of hydrogen-bond donors (Lipinski definition) is 1. The van der Waals surface area contributed by atoms with Crippen LogP contribution in [0.3, 0.4) is 0 Å². The number of carbonyl (C=O) groups is 1. The van der Waals surface area contributed by atoms with Crippen molar-refractivity contribution in [3.05, 3.63) is 64.8 Å². The van der Waals surface area contributed by atoms with Crippen molar-refractivity contribution >= 4 is 22.8 Å². The van der Waals surface area contributed by atoms with Crippen LogP contribution in [-0.4, -0.2) is 22.5 Å². The van der Waals surface area contributed by atoms with Gasteiger partial charge in [0.1, 0.15) is 0 Å². The Bertz CT molecular complexity index is 1000. The van der Waals surface area contributed by atoms with Crippen molar-refractivity contribution in [2.24, 2.45) is 0 Å². The number of alkyl halides is 3. The second kappa shape index (κ2) is 7.84. The van der Waals surface area contributed by atoms with Crippen molar-refractivity contribution in [3.8, 4) is 0 Å². The van der Waals surface area contributed by atoms with Gasteiger partial charge < -0.3 is 10.1 Å². The molecule has 0 fully saturated rings. The first kappa shape index (κ1) is 19.6. The summed E-state index contributed by atoms with van der Waals surface area (Å²) in [6, 6.07) is 10.7. The summed E-state index contributed by atoms with van der Waals surface area (Å²) in [5.41, 5.74) is 1.34. The molecule has 146 valence electrons. The van der Waals surface area contributed by atoms with Crippen LogP contribution in [-0.2, 0) is 17.5 Å². The van der Waals surface area contributed by atoms with Crippen molar-refractivity contribution < 1.29 is 22.7 Å². The highest BCUT2D eigenvalue weighted by Gasteiger charge is 2.31. The van der Waals surface area contributed by atoms with Gasteiger partial charge in [0.05, 0.1) is 23.2 Å². The molecular weight excluding hydrogens is 371 g/mol. The fourth-order valence-corrected chi connectivity index (χ4v) is 2.59. The third-order valence-electron chi connectivity index (χ3n) is 4.04. The van der Waals surface area contributed by atoms with Gasteiger partial charge in [-0.25, -0.2) is 14.8 Å². The van der Waals surface area contributed by atoms with E-state index in [1.807, 2.05) is 31.2 Å². The lowest BCUT2D eigenvalue weighted by Crippen LogP contribution is -2.14. The number of hydrogen-bond acceptors (Lipinski definition) is 5. The first-order valence-electron chi connectivity index (χ1n) is 8.63. The Kier molecular flexibility index (Phi) is 5.48. The number of nitrogens with zero attached hydrogens (tertiary/aromatic N) is 2. The van der Waals surface area contributed by atoms with Crippen molar-refractivity contribution in [2.75, 3.05) is 11.9 Å². The molecule has 0 unspecified atom stereocenters. The molecule has 28 heavy (non-hydrogen) atoms. The largest absolute Gasteiger partial charge is 0.461 e. The molecule has 0 radical (unpaired) electrons. The summed E-state index contributed by atoms with van der Waals surface area (Å²) in [5.74, 6) is -0.617. The van der Waals surface area contributed by atoms with Crippen molar-refractivity contribution in [1.29, 1.82) is 0 Å². The Morgan fingerprint density at radius 3 is 2.43 bits per heavy atom. The Labute approximate surface area is 159 Å². The van der Waals surface area contributed by atoms with Gasteiger partial charge in [-0.1, -0.05) is 29.8 Å². The molecular formula is C20H18F3N3O2. The monoisotopic (exact) mass is 389 g/mol. The number of rotatable bonds is 5. The fraction of sp³-hybridized carbons (Fsp3) is 0.250. The molecule has 0 aliphatic rings. The summed E-state index contributed by atoms with van der Waals surface area (Å²) in [7, 11) is 0. The topological polar surface area (TPSA) is 64.1 Å². The number of aryl methyl sites for hydroxylation is 1. The molecule has 0 atom stereocenters. The number of aromatic nitrogens is 2. The van der Waals surface area contributed by atoms with Crippen LogP contribution in [0.5, 0.6) is 0 Å². The molecule has 2 aromatic carbocycles. The van der Waals surface area contributed by atoms with E-state index in [0.29, 0.717) is 6.54 Å². The normalized spacial score (nSPS) is 11.5. The van der Waals surface area contributed by atoms with Crippen molar-refractivity contribution in [2.45, 2.75) is 26.6 Å². The van der Waals surface area contributed by atoms with Crippen LogP contribution < -0.4 is 5.32 Å². The van der Waals surface area contributed by atoms with E-state index in [-0.39, 0.29) is 29.2 Å². The zero-order valence-electron chi connectivity index (χ0n) is 15.3. The quantitative estimate of drug-likeness (QED) is 0.638. The highest BCUT2D eigenvalue weighted by Crippen LogP contribution is 2.31. The van der Waals surface area contributed by atoms with Gasteiger partial charge in [0.15, 0.2) is 11.5 Å². The Morgan fingerprint density at radius 1 is 1.07 bits per heavy atom. The van der Waals surface area contributed by atoms with Crippen molar-refractivity contribution in [3.63, 3.8) is 0 Å². The van der Waals surface area contributed by atoms with E-state index in [4.69, 9.17) is 4.74 Å². The standard InChI is InChI=1S/C20H18F3N3O2/c1-3-28-19(27)17-18(24-11-13-6-4-12(2)5-7-13)26-16-10-14(20(21,22)23)8-9-15(16)25-17/h4-10H,3,11H2,1-2H3,(H,24,26). The van der Waals surface area contributed by atoms with E-state index in [1.54, 1.807) is 6.92 Å². The maximum Gasteiger partial charge on any atom is 0.416 e. The summed E-state index contributed by atoms with van der Waals surface area (Å²) in [6.45, 7) is 4.08. The van der Waals surface area contributed by atoms with Gasteiger partial charge in [-0.15, -0.1) is 0 Å². The van der Waals surface area contributed by atoms with E-state index < -0.39 is 17.7 Å². The van der Waals surface area contributed by atoms with Crippen LogP contribution in [0.2, 0.25) is 0 Å². The summed E-state index contributed by atoms with van der Waals surface area (Å²) < 4.78 is 44.0. The lowest BCUT2D eigenvalue weighted by molar-refractivity contribution is -0.137. The van der Waals surface area contributed by atoms with Gasteiger partial charge in [0.2, 0.25) is 0 Å². The molecule has 5 nitrogen and oxygen atoms in total. The first-order chi connectivity index (χ1) is 13.3. The summed E-state index contributed by atoms with van der Waals surface area (Å²) in [5, 5.41) is 2.98. The average molecular weight is 389 g/mol. The minimum atomic E-state index is -4.49. The smallest absolute Gasteiger partial charge is 0.416 e. The number of fused-ring (bicyclic) bond motifs is 1. The molecule has 1 N–H and O–H groups in total. The van der Waals surface area contributed by atoms with Gasteiger partial charge in [0, 0.05) is 6.54 Å². The van der Waals surface area contributed by atoms with E-state index in [9.17, 15) is 18.0 Å². The summed E-state index contributed by atoms with van der Waals surface area (Å²) in [4.78, 5) is 20.6. The number of anilines is 1. The van der Waals surface area contributed by atoms with Gasteiger partial charge in [-0.05, 0) is 37.6 Å². The predicted octanol–water partition coefficient (Wildman–Crippen LogP) is 4.75. The maximum atomic E-state index is 13.0. The second-order valence-corrected chi connectivity index (χ2v) is 6.18. The van der Waals surface area contributed by atoms with E-state index in [1.165, 1.54) is 6.07 Å². The number of nitrogens with one attached hydrogen (secondary N) is 1. The molecule has 0 saturated heterocycles. The predicted molar refractivity (Wildman–Crippen MR) is 99.0 cm³/mol. The molecule has 8 heteroatoms. The number of ether oxygens (including phenoxy) is 1. The van der Waals surface area contributed by atoms with E-state index in [0.717, 1.165) is 23.3 Å². The Hall–Kier alpha value is -3.16. The highest BCUT2D eigenvalue weighted by molar-refractivity contribution is 5.95. The molecule has 0 amide bonds. The van der Waals surface area contributed by atoms with Crippen molar-refractivity contribution in [1.82, 2.24) is 9.97 Å². The highest BCUT2D eigenvalue weighted by atomic mass is 19.4. The summed E-state index contributed by atoms with van der Waals surface area (Å²) in [6.07, 6.45) is -4.49. The zero-order valence-corrected chi connectivity index (χ0v) is 15.3. The van der Waals surface area contributed by atoms with Crippen LogP contribution in [0.4, 0.5) is 19.0 Å². The SMILES string of the molecule is CCOC(=O)c1nc2ccc(C(F)(F)F)cc2nc1NCc1ccc(C)cc1. The number of carbonyl (C=O) groups excluding carboxylic acids is 1. The van der Waals surface area contributed by atoms with E-state index >= 15 is 0 Å². The van der Waals surface area contributed by atoms with Crippen LogP contribution in [0, 0.1) is 6.92 Å². The molecule has 0 bridgehead atoms. The van der Waals surface area contributed by atoms with Gasteiger partial charge in [-0.3, -0.25) is 0 Å². The minimum absolute atomic E-state index is 0.0364. The average Bonchev–Trinajstić information content (AvgIpc) is 2.66. The molecule has 0 aliphatic heterocycles. The maximum absolute atomic E-state index is 13.0. The van der Waals surface area contributed by atoms with Gasteiger partial charge in [0.25, 0.3) is 0 Å². The van der Waals surface area contributed by atoms with Crippen LogP contribution in [0.15, 0.2) is 42.5 Å².